The molecule has 0 saturated carbocycles. The molecule has 0 bridgehead atoms. The summed E-state index contributed by atoms with van der Waals surface area (Å²) in [5, 5.41) is 10.4. The highest BCUT2D eigenvalue weighted by Gasteiger charge is 2.23. The van der Waals surface area contributed by atoms with Gasteiger partial charge in [0, 0.05) is 10.8 Å². The summed E-state index contributed by atoms with van der Waals surface area (Å²) in [5.74, 6) is -1.75. The molecule has 7 nitrogen and oxygen atoms in total. The van der Waals surface area contributed by atoms with Crippen LogP contribution in [0.15, 0.2) is 0 Å². The lowest BCUT2D eigenvalue weighted by Crippen LogP contribution is -2.23. The molecule has 7 heteroatoms. The summed E-state index contributed by atoms with van der Waals surface area (Å²) in [6.45, 7) is 3.27. The molecule has 0 aromatic rings. The molecule has 0 amide bonds. The molecule has 0 radical (unpaired) electrons. The van der Waals surface area contributed by atoms with Crippen LogP contribution >= 0.6 is 0 Å². The van der Waals surface area contributed by atoms with Gasteiger partial charge in [0.1, 0.15) is 0 Å². The summed E-state index contributed by atoms with van der Waals surface area (Å²) < 4.78 is 9.36. The van der Waals surface area contributed by atoms with Crippen LogP contribution in [0.2, 0.25) is 0 Å². The maximum absolute atomic E-state index is 11.2. The van der Waals surface area contributed by atoms with Crippen molar-refractivity contribution in [3.05, 3.63) is 10.1 Å². The van der Waals surface area contributed by atoms with Crippen LogP contribution in [0.1, 0.15) is 26.7 Å². The lowest BCUT2D eigenvalue weighted by molar-refractivity contribution is -0.488. The first-order chi connectivity index (χ1) is 7.99. The Morgan fingerprint density at radius 3 is 1.82 bits per heavy atom. The average molecular weight is 247 g/mol. The highest BCUT2D eigenvalue weighted by Crippen LogP contribution is 2.11. The van der Waals surface area contributed by atoms with Crippen LogP contribution < -0.4 is 0 Å². The van der Waals surface area contributed by atoms with Gasteiger partial charge in [-0.25, -0.2) is 0 Å². The SMILES string of the molecule is CCOC(=O)CC(CC(=O)OCC)C[N+](=O)[O-]. The Morgan fingerprint density at radius 1 is 1.12 bits per heavy atom. The summed E-state index contributed by atoms with van der Waals surface area (Å²) >= 11 is 0. The number of hydrogen-bond acceptors (Lipinski definition) is 6. The van der Waals surface area contributed by atoms with Crippen molar-refractivity contribution in [2.75, 3.05) is 19.8 Å². The fraction of sp³-hybridized carbons (Fsp3) is 0.800. The van der Waals surface area contributed by atoms with Crippen LogP contribution in [0.5, 0.6) is 0 Å². The van der Waals surface area contributed by atoms with E-state index in [4.69, 9.17) is 0 Å². The molecule has 0 heterocycles. The first-order valence-electron chi connectivity index (χ1n) is 5.42. The van der Waals surface area contributed by atoms with E-state index in [-0.39, 0.29) is 26.1 Å². The maximum Gasteiger partial charge on any atom is 0.306 e. The van der Waals surface area contributed by atoms with Gasteiger partial charge in [-0.05, 0) is 13.8 Å². The van der Waals surface area contributed by atoms with Crippen LogP contribution in [0.4, 0.5) is 0 Å². The van der Waals surface area contributed by atoms with E-state index in [0.717, 1.165) is 0 Å². The van der Waals surface area contributed by atoms with E-state index < -0.39 is 29.3 Å². The highest BCUT2D eigenvalue weighted by molar-refractivity contribution is 5.73. The molecule has 0 aromatic carbocycles. The number of hydrogen-bond donors (Lipinski definition) is 0. The van der Waals surface area contributed by atoms with Crippen molar-refractivity contribution >= 4 is 11.9 Å². The van der Waals surface area contributed by atoms with Gasteiger partial charge in [-0.15, -0.1) is 0 Å². The number of nitro groups is 1. The van der Waals surface area contributed by atoms with Gasteiger partial charge in [-0.3, -0.25) is 19.7 Å². The lowest BCUT2D eigenvalue weighted by atomic mass is 10.0. The van der Waals surface area contributed by atoms with Crippen molar-refractivity contribution in [1.29, 1.82) is 0 Å². The van der Waals surface area contributed by atoms with Crippen molar-refractivity contribution in [1.82, 2.24) is 0 Å². The van der Waals surface area contributed by atoms with Crippen LogP contribution in [0, 0.1) is 16.0 Å². The van der Waals surface area contributed by atoms with E-state index in [1.54, 1.807) is 13.8 Å². The molecule has 0 unspecified atom stereocenters. The Hall–Kier alpha value is -1.66. The predicted octanol–water partition coefficient (Wildman–Crippen LogP) is 0.786. The van der Waals surface area contributed by atoms with Gasteiger partial charge in [0.2, 0.25) is 6.54 Å². The summed E-state index contributed by atoms with van der Waals surface area (Å²) in [6, 6.07) is 0. The van der Waals surface area contributed by atoms with Gasteiger partial charge < -0.3 is 9.47 Å². The molecule has 0 N–H and O–H groups in total. The molecule has 0 fully saturated rings. The lowest BCUT2D eigenvalue weighted by Gasteiger charge is -2.11. The van der Waals surface area contributed by atoms with Gasteiger partial charge >= 0.3 is 11.9 Å². The number of esters is 2. The fourth-order valence-electron chi connectivity index (χ4n) is 1.32. The topological polar surface area (TPSA) is 95.7 Å². The third kappa shape index (κ3) is 8.18. The summed E-state index contributed by atoms with van der Waals surface area (Å²) in [5.41, 5.74) is 0. The van der Waals surface area contributed by atoms with Crippen LogP contribution in [-0.4, -0.2) is 36.6 Å². The Morgan fingerprint density at radius 2 is 1.53 bits per heavy atom. The monoisotopic (exact) mass is 247 g/mol. The van der Waals surface area contributed by atoms with E-state index >= 15 is 0 Å². The Kier molecular flexibility index (Phi) is 7.66. The summed E-state index contributed by atoms with van der Waals surface area (Å²) in [7, 11) is 0. The first-order valence-corrected chi connectivity index (χ1v) is 5.42. The molecule has 0 aromatic heterocycles. The second-order valence-electron chi connectivity index (χ2n) is 3.40. The average Bonchev–Trinajstić information content (AvgIpc) is 2.16. The minimum absolute atomic E-state index is 0.145. The molecule has 0 aliphatic rings. The minimum atomic E-state index is -0.678. The zero-order valence-electron chi connectivity index (χ0n) is 10.0. The van der Waals surface area contributed by atoms with E-state index in [1.807, 2.05) is 0 Å². The van der Waals surface area contributed by atoms with E-state index in [0.29, 0.717) is 0 Å². The van der Waals surface area contributed by atoms with Gasteiger partial charge in [-0.1, -0.05) is 0 Å². The predicted molar refractivity (Wildman–Crippen MR) is 57.9 cm³/mol. The van der Waals surface area contributed by atoms with Gasteiger partial charge in [0.05, 0.1) is 26.1 Å². The Bertz CT molecular complexity index is 258. The number of nitrogens with zero attached hydrogens (tertiary/aromatic N) is 1. The van der Waals surface area contributed by atoms with Crippen LogP contribution in [0.3, 0.4) is 0 Å². The molecule has 0 rings (SSSR count). The molecule has 0 atom stereocenters. The quantitative estimate of drug-likeness (QED) is 0.357. The zero-order valence-corrected chi connectivity index (χ0v) is 10.0. The standard InChI is InChI=1S/C10H17NO6/c1-3-16-9(12)5-8(7-11(14)15)6-10(13)17-4-2/h8H,3-7H2,1-2H3. The van der Waals surface area contributed by atoms with Gasteiger partial charge in [-0.2, -0.15) is 0 Å². The highest BCUT2D eigenvalue weighted by atomic mass is 16.6. The fourth-order valence-corrected chi connectivity index (χ4v) is 1.32. The zero-order chi connectivity index (χ0) is 13.3. The van der Waals surface area contributed by atoms with Crippen LogP contribution in [-0.2, 0) is 19.1 Å². The largest absolute Gasteiger partial charge is 0.466 e. The van der Waals surface area contributed by atoms with E-state index in [2.05, 4.69) is 9.47 Å². The van der Waals surface area contributed by atoms with Crippen molar-refractivity contribution in [2.45, 2.75) is 26.7 Å². The molecular weight excluding hydrogens is 230 g/mol. The minimum Gasteiger partial charge on any atom is -0.466 e. The summed E-state index contributed by atoms with van der Waals surface area (Å²) in [4.78, 5) is 32.2. The molecule has 0 saturated heterocycles. The number of carbonyl (C=O) groups is 2. The van der Waals surface area contributed by atoms with Crippen molar-refractivity contribution in [3.8, 4) is 0 Å². The first kappa shape index (κ1) is 15.3. The van der Waals surface area contributed by atoms with E-state index in [1.165, 1.54) is 0 Å². The van der Waals surface area contributed by atoms with Crippen molar-refractivity contribution in [3.63, 3.8) is 0 Å². The number of ether oxygens (including phenoxy) is 2. The second kappa shape index (κ2) is 8.49. The van der Waals surface area contributed by atoms with Gasteiger partial charge in [0.25, 0.3) is 0 Å². The molecular formula is C10H17NO6. The Labute approximate surface area is 99.2 Å². The molecule has 0 aliphatic carbocycles. The molecule has 0 spiro atoms. The van der Waals surface area contributed by atoms with Gasteiger partial charge in [0.15, 0.2) is 0 Å². The third-order valence-electron chi connectivity index (χ3n) is 1.93. The number of carbonyl (C=O) groups excluding carboxylic acids is 2. The smallest absolute Gasteiger partial charge is 0.306 e. The molecule has 17 heavy (non-hydrogen) atoms. The van der Waals surface area contributed by atoms with Crippen LogP contribution in [0.25, 0.3) is 0 Å². The van der Waals surface area contributed by atoms with E-state index in [9.17, 15) is 19.7 Å². The summed E-state index contributed by atoms with van der Waals surface area (Å²) in [6.07, 6.45) is -0.290. The normalized spacial score (nSPS) is 10.1. The molecule has 0 aliphatic heterocycles. The number of rotatable bonds is 8. The van der Waals surface area contributed by atoms with Crippen molar-refractivity contribution in [2.24, 2.45) is 5.92 Å². The molecule has 98 valence electrons. The Balaban J connectivity index is 4.27. The second-order valence-corrected chi connectivity index (χ2v) is 3.40. The third-order valence-corrected chi connectivity index (χ3v) is 1.93. The maximum atomic E-state index is 11.2. The van der Waals surface area contributed by atoms with Crippen molar-refractivity contribution < 1.29 is 24.0 Å².